The summed E-state index contributed by atoms with van der Waals surface area (Å²) < 4.78 is 6.28. The first kappa shape index (κ1) is 45.7. The Kier molecular flexibility index (Phi) is 14.1. The molecule has 0 spiro atoms. The van der Waals surface area contributed by atoms with Gasteiger partial charge in [0.2, 0.25) is 5.91 Å². The number of carbonyl (C=O) groups is 1. The van der Waals surface area contributed by atoms with Crippen molar-refractivity contribution in [2.45, 2.75) is 85.5 Å². The average molecular weight is 883 g/mol. The van der Waals surface area contributed by atoms with E-state index in [2.05, 4.69) is 173 Å². The Morgan fingerprint density at radius 3 is 1.98 bits per heavy atom. The van der Waals surface area contributed by atoms with E-state index in [0.29, 0.717) is 32.6 Å². The molecule has 1 amide bonds. The third-order valence-electron chi connectivity index (χ3n) is 13.9. The molecule has 8 rings (SSSR count). The zero-order valence-corrected chi connectivity index (χ0v) is 40.3. The molecule has 7 nitrogen and oxygen atoms in total. The summed E-state index contributed by atoms with van der Waals surface area (Å²) in [6.45, 7) is 19.2. The van der Waals surface area contributed by atoms with E-state index in [9.17, 15) is 4.79 Å². The van der Waals surface area contributed by atoms with Gasteiger partial charge in [-0.05, 0) is 135 Å². The van der Waals surface area contributed by atoms with E-state index in [4.69, 9.17) is 14.7 Å². The van der Waals surface area contributed by atoms with Gasteiger partial charge in [0.1, 0.15) is 23.2 Å². The highest BCUT2D eigenvalue weighted by atomic mass is 31.2. The standard InChI is InChI=1S/C57H65N5O2P/c1-9-46-40(5)52-37-55-47(10-2)39(4)51(59-55)36-53-41(6)48(57(61-53)42(7)50-34-38(3)49(58-50)35-54(46)60-52)28-29-56(63)62(8)30-20-31-64-32-21-33-65(43-22-14-11-15-23-43,44-24-16-12-17-25-44)45-26-18-13-19-27-45/h10-19,22-27,34-37,41,48,59-60H,2,9,20-21,28-33H2,1,3-8H3/q+1/t41-,48-/m0/s1. The van der Waals surface area contributed by atoms with E-state index in [1.165, 1.54) is 27.0 Å². The van der Waals surface area contributed by atoms with Crippen molar-refractivity contribution in [1.82, 2.24) is 24.8 Å². The number of aromatic amines is 2. The summed E-state index contributed by atoms with van der Waals surface area (Å²) in [4.78, 5) is 33.7. The molecular weight excluding hydrogens is 818 g/mol. The summed E-state index contributed by atoms with van der Waals surface area (Å²) >= 11 is 0. The van der Waals surface area contributed by atoms with Crippen molar-refractivity contribution in [2.75, 3.05) is 33.0 Å². The summed E-state index contributed by atoms with van der Waals surface area (Å²) in [6.07, 6.45) is 8.94. The van der Waals surface area contributed by atoms with Gasteiger partial charge >= 0.3 is 0 Å². The topological polar surface area (TPSA) is 86.9 Å². The van der Waals surface area contributed by atoms with Gasteiger partial charge in [0.15, 0.2) is 0 Å². The summed E-state index contributed by atoms with van der Waals surface area (Å²) in [6, 6.07) is 39.7. The lowest BCUT2D eigenvalue weighted by atomic mass is 9.85. The number of aryl methyl sites for hydroxylation is 3. The van der Waals surface area contributed by atoms with Gasteiger partial charge in [-0.15, -0.1) is 0 Å². The molecule has 2 atom stereocenters. The summed E-state index contributed by atoms with van der Waals surface area (Å²) in [5.74, 6) is 0.327. The van der Waals surface area contributed by atoms with Gasteiger partial charge in [-0.3, -0.25) is 9.78 Å². The Balaban J connectivity index is 0.956. The van der Waals surface area contributed by atoms with Gasteiger partial charge in [-0.1, -0.05) is 81.1 Å². The smallest absolute Gasteiger partial charge is 0.222 e. The first-order valence-electron chi connectivity index (χ1n) is 23.4. The predicted molar refractivity (Wildman–Crippen MR) is 276 cm³/mol. The number of benzene rings is 3. The molecule has 334 valence electrons. The highest BCUT2D eigenvalue weighted by Gasteiger charge is 2.44. The minimum absolute atomic E-state index is 0.0692. The number of hydrogen-bond donors (Lipinski definition) is 2. The molecule has 8 heteroatoms. The summed E-state index contributed by atoms with van der Waals surface area (Å²) in [5, 5.41) is 4.18. The maximum atomic E-state index is 13.8. The van der Waals surface area contributed by atoms with Gasteiger partial charge in [-0.25, -0.2) is 4.98 Å². The second-order valence-electron chi connectivity index (χ2n) is 17.9. The average Bonchev–Trinajstić information content (AvgIpc) is 4.04. The van der Waals surface area contributed by atoms with Crippen LogP contribution in [0.15, 0.2) is 116 Å². The highest BCUT2D eigenvalue weighted by molar-refractivity contribution is 7.95. The Morgan fingerprint density at radius 1 is 0.769 bits per heavy atom. The Bertz CT molecular complexity index is 2770. The van der Waals surface area contributed by atoms with E-state index in [1.807, 2.05) is 18.0 Å². The van der Waals surface area contributed by atoms with Crippen molar-refractivity contribution in [3.05, 3.63) is 166 Å². The van der Waals surface area contributed by atoms with Crippen LogP contribution >= 0.6 is 7.26 Å². The van der Waals surface area contributed by atoms with E-state index < -0.39 is 7.26 Å². The molecule has 0 fully saturated rings. The third kappa shape index (κ3) is 9.32. The second-order valence-corrected chi connectivity index (χ2v) is 21.5. The lowest BCUT2D eigenvalue weighted by Gasteiger charge is -2.27. The van der Waals surface area contributed by atoms with Crippen LogP contribution in [0, 0.1) is 20.8 Å². The molecule has 65 heavy (non-hydrogen) atoms. The maximum Gasteiger partial charge on any atom is 0.222 e. The monoisotopic (exact) mass is 882 g/mol. The molecule has 2 N–H and O–H groups in total. The largest absolute Gasteiger partial charge is 0.381 e. The first-order chi connectivity index (χ1) is 31.5. The van der Waals surface area contributed by atoms with Crippen LogP contribution < -0.4 is 15.9 Å². The molecule has 0 saturated carbocycles. The van der Waals surface area contributed by atoms with Gasteiger partial charge in [0.05, 0.1) is 24.2 Å². The lowest BCUT2D eigenvalue weighted by Crippen LogP contribution is -2.33. The predicted octanol–water partition coefficient (Wildman–Crippen LogP) is 11.9. The Morgan fingerprint density at radius 2 is 1.37 bits per heavy atom. The Labute approximate surface area is 386 Å². The van der Waals surface area contributed by atoms with Crippen LogP contribution in [-0.4, -0.2) is 63.7 Å². The van der Waals surface area contributed by atoms with Crippen LogP contribution in [0.1, 0.15) is 109 Å². The number of nitrogens with zero attached hydrogens (tertiary/aromatic N) is 3. The highest BCUT2D eigenvalue weighted by Crippen LogP contribution is 2.55. The van der Waals surface area contributed by atoms with Crippen LogP contribution in [0.2, 0.25) is 0 Å². The van der Waals surface area contributed by atoms with E-state index >= 15 is 0 Å². The van der Waals surface area contributed by atoms with Crippen LogP contribution in [0.25, 0.3) is 39.8 Å². The molecule has 2 aliphatic rings. The minimum Gasteiger partial charge on any atom is -0.381 e. The molecule has 0 aliphatic carbocycles. The number of carbonyl (C=O) groups excluding carboxylic acids is 1. The van der Waals surface area contributed by atoms with E-state index in [1.54, 1.807) is 0 Å². The number of ether oxygens (including phenoxy) is 1. The molecule has 5 heterocycles. The number of fused-ring (bicyclic) bond motifs is 8. The van der Waals surface area contributed by atoms with E-state index in [-0.39, 0.29) is 17.7 Å². The van der Waals surface area contributed by atoms with Gasteiger partial charge in [-0.2, -0.15) is 0 Å². The summed E-state index contributed by atoms with van der Waals surface area (Å²) in [5.41, 5.74) is 15.1. The molecule has 0 unspecified atom stereocenters. The maximum absolute atomic E-state index is 13.8. The molecule has 0 saturated heterocycles. The normalized spacial score (nSPS) is 14.9. The Hall–Kier alpha value is -5.88. The fourth-order valence-electron chi connectivity index (χ4n) is 10.1. The second kappa shape index (κ2) is 20.1. The quantitative estimate of drug-likeness (QED) is 0.0749. The lowest BCUT2D eigenvalue weighted by molar-refractivity contribution is -0.130. The number of nitrogens with one attached hydrogen (secondary N) is 2. The van der Waals surface area contributed by atoms with Crippen molar-refractivity contribution in [3.63, 3.8) is 0 Å². The number of H-pyrrole nitrogens is 2. The molecule has 8 bridgehead atoms. The van der Waals surface area contributed by atoms with Crippen LogP contribution in [0.5, 0.6) is 0 Å². The SMILES string of the molecule is C=Cc1c(C)c2cc3nc(c(C)c4nc(cc5[nH]c(cc1[nH]2)c(C)c5CC)C(C)=C4)[C@@H](CCC(=O)N(C)CCCOCCC[P+](c1ccccc1)(c1ccccc1)c1ccccc1)[C@@H]3C. The van der Waals surface area contributed by atoms with Gasteiger partial charge in [0, 0.05) is 83.9 Å². The molecule has 6 aromatic rings. The van der Waals surface area contributed by atoms with Gasteiger partial charge in [0.25, 0.3) is 0 Å². The van der Waals surface area contributed by atoms with Crippen molar-refractivity contribution in [1.29, 1.82) is 0 Å². The number of rotatable bonds is 16. The van der Waals surface area contributed by atoms with E-state index in [0.717, 1.165) is 92.5 Å². The third-order valence-corrected chi connectivity index (χ3v) is 18.5. The number of allylic oxidation sites excluding steroid dienone is 1. The molecule has 3 aromatic carbocycles. The van der Waals surface area contributed by atoms with Crippen molar-refractivity contribution in [3.8, 4) is 0 Å². The van der Waals surface area contributed by atoms with Crippen molar-refractivity contribution in [2.24, 2.45) is 0 Å². The minimum atomic E-state index is -1.89. The zero-order chi connectivity index (χ0) is 45.7. The van der Waals surface area contributed by atoms with Crippen molar-refractivity contribution < 1.29 is 9.53 Å². The van der Waals surface area contributed by atoms with Crippen LogP contribution in [0.4, 0.5) is 0 Å². The molecule has 2 aliphatic heterocycles. The zero-order valence-electron chi connectivity index (χ0n) is 39.4. The molecule has 0 radical (unpaired) electrons. The molecule has 3 aromatic heterocycles. The summed E-state index contributed by atoms with van der Waals surface area (Å²) in [7, 11) is 0.0387. The molecular formula is C57H65N5O2P+. The number of hydrogen-bond acceptors (Lipinski definition) is 4. The van der Waals surface area contributed by atoms with Gasteiger partial charge < -0.3 is 19.6 Å². The van der Waals surface area contributed by atoms with Crippen LogP contribution in [-0.2, 0) is 16.0 Å². The fraction of sp³-hybridized carbons (Fsp3) is 0.316. The van der Waals surface area contributed by atoms with Crippen LogP contribution in [0.3, 0.4) is 0 Å². The van der Waals surface area contributed by atoms with Crippen molar-refractivity contribution >= 4 is 68.9 Å². The first-order valence-corrected chi connectivity index (χ1v) is 25.4. The number of amides is 1. The number of aromatic nitrogens is 4. The fourth-order valence-corrected chi connectivity index (χ4v) is 14.4.